The molecule has 2 aromatic heterocycles. The van der Waals surface area contributed by atoms with E-state index in [2.05, 4.69) is 39.9 Å². The first-order valence-corrected chi connectivity index (χ1v) is 10.5. The number of hydrogen-bond donors (Lipinski definition) is 1. The van der Waals surface area contributed by atoms with E-state index in [1.807, 2.05) is 36.4 Å². The molecule has 0 atom stereocenters. The molecule has 5 rings (SSSR count). The fraction of sp³-hybridized carbons (Fsp3) is 0.0714. The molecule has 0 fully saturated rings. The molecule has 0 saturated heterocycles. The largest absolute Gasteiger partial charge is 0.512 e. The van der Waals surface area contributed by atoms with Crippen molar-refractivity contribution in [1.82, 2.24) is 9.55 Å². The van der Waals surface area contributed by atoms with E-state index in [1.54, 1.807) is 6.20 Å². The summed E-state index contributed by atoms with van der Waals surface area (Å²) < 4.78 is 29.3. The van der Waals surface area contributed by atoms with E-state index >= 15 is 0 Å². The van der Waals surface area contributed by atoms with Crippen molar-refractivity contribution in [2.75, 3.05) is 0 Å². The predicted molar refractivity (Wildman–Crippen MR) is 130 cm³/mol. The summed E-state index contributed by atoms with van der Waals surface area (Å²) in [6, 6.07) is 24.6. The van der Waals surface area contributed by atoms with Gasteiger partial charge >= 0.3 is 0 Å². The van der Waals surface area contributed by atoms with Crippen LogP contribution >= 0.6 is 0 Å². The maximum absolute atomic E-state index is 13.6. The van der Waals surface area contributed by atoms with E-state index in [0.29, 0.717) is 5.69 Å². The van der Waals surface area contributed by atoms with Crippen molar-refractivity contribution in [1.29, 1.82) is 0 Å². The molecule has 0 spiro atoms. The molecule has 7 heteroatoms. The van der Waals surface area contributed by atoms with Crippen LogP contribution in [0.3, 0.4) is 0 Å². The van der Waals surface area contributed by atoms with Crippen LogP contribution in [0, 0.1) is 17.7 Å². The molecule has 0 bridgehead atoms. The molecule has 0 aliphatic carbocycles. The minimum absolute atomic E-state index is 0. The first-order valence-electron chi connectivity index (χ1n) is 10.5. The van der Waals surface area contributed by atoms with E-state index in [-0.39, 0.29) is 38.2 Å². The van der Waals surface area contributed by atoms with E-state index in [9.17, 15) is 13.6 Å². The number of nitrogens with zero attached hydrogens (tertiary/aromatic N) is 2. The monoisotopic (exact) mass is 650 g/mol. The number of allylic oxidation sites excluding steroid dienone is 2. The number of benzene rings is 3. The number of halogens is 2. The van der Waals surface area contributed by atoms with E-state index in [1.165, 1.54) is 26.0 Å². The summed E-state index contributed by atoms with van der Waals surface area (Å²) in [5, 5.41) is 10.7. The average Bonchev–Trinajstić information content (AvgIpc) is 3.13. The van der Waals surface area contributed by atoms with Gasteiger partial charge in [0.05, 0.1) is 16.8 Å². The second kappa shape index (κ2) is 11.2. The van der Waals surface area contributed by atoms with Crippen LogP contribution in [0.25, 0.3) is 38.8 Å². The van der Waals surface area contributed by atoms with Crippen molar-refractivity contribution in [2.45, 2.75) is 13.8 Å². The molecule has 0 aliphatic rings. The zero-order valence-corrected chi connectivity index (χ0v) is 21.2. The van der Waals surface area contributed by atoms with Crippen LogP contribution in [0.15, 0.2) is 90.8 Å². The van der Waals surface area contributed by atoms with Crippen molar-refractivity contribution < 1.29 is 39.7 Å². The number of ketones is 1. The summed E-state index contributed by atoms with van der Waals surface area (Å²) in [5.74, 6) is -1.45. The molecule has 0 radical (unpaired) electrons. The number of fused-ring (bicyclic) bond motifs is 3. The third-order valence-corrected chi connectivity index (χ3v) is 5.07. The van der Waals surface area contributed by atoms with Crippen molar-refractivity contribution in [3.63, 3.8) is 0 Å². The number of aliphatic hydroxyl groups is 1. The van der Waals surface area contributed by atoms with Gasteiger partial charge in [-0.25, -0.2) is 8.78 Å². The van der Waals surface area contributed by atoms with Crippen LogP contribution in [0.1, 0.15) is 13.8 Å². The smallest absolute Gasteiger partial charge is 0.155 e. The van der Waals surface area contributed by atoms with Gasteiger partial charge in [0, 0.05) is 61.4 Å². The third kappa shape index (κ3) is 5.90. The molecule has 4 nitrogen and oxygen atoms in total. The molecular weight excluding hydrogens is 629 g/mol. The summed E-state index contributed by atoms with van der Waals surface area (Å²) in [5.41, 5.74) is 3.74. The van der Waals surface area contributed by atoms with Gasteiger partial charge < -0.3 is 14.7 Å². The van der Waals surface area contributed by atoms with Crippen LogP contribution in [0.4, 0.5) is 8.78 Å². The standard InChI is InChI=1S/C23H13F2N2.C5H8O2.Pt/c24-16-11-15(12-17(25)13-16)21-14-18(9-10-26-21)27-22-7-3-1-5-19(22)20-6-2-4-8-23(20)27;1-4(6)3-5(2)7;/h1-11,13-14H;3,6H,1-2H3;/q-1;;/b;4-3-;. The number of aliphatic hydroxyl groups excluding tert-OH is 1. The quantitative estimate of drug-likeness (QED) is 0.131. The zero-order chi connectivity index (χ0) is 24.2. The Bertz CT molecular complexity index is 1470. The van der Waals surface area contributed by atoms with Crippen molar-refractivity contribution in [3.05, 3.63) is 109 Å². The van der Waals surface area contributed by atoms with Crippen LogP contribution < -0.4 is 0 Å². The maximum Gasteiger partial charge on any atom is 0.155 e. The minimum Gasteiger partial charge on any atom is -0.512 e. The van der Waals surface area contributed by atoms with Gasteiger partial charge in [0.2, 0.25) is 0 Å². The van der Waals surface area contributed by atoms with Gasteiger partial charge in [-0.15, -0.1) is 17.7 Å². The molecule has 1 N–H and O–H groups in total. The average molecular weight is 651 g/mol. The first-order chi connectivity index (χ1) is 16.3. The zero-order valence-electron chi connectivity index (χ0n) is 18.9. The molecular formula is C28H21F2N2O2Pt-. The van der Waals surface area contributed by atoms with Gasteiger partial charge in [-0.1, -0.05) is 48.5 Å². The second-order valence-electron chi connectivity index (χ2n) is 7.73. The topological polar surface area (TPSA) is 55.1 Å². The summed E-state index contributed by atoms with van der Waals surface area (Å²) >= 11 is 0. The predicted octanol–water partition coefficient (Wildman–Crippen LogP) is 6.96. The van der Waals surface area contributed by atoms with Gasteiger partial charge in [-0.05, 0) is 37.7 Å². The Kier molecular flexibility index (Phi) is 8.31. The molecule has 180 valence electrons. The Morgan fingerprint density at radius 2 is 1.54 bits per heavy atom. The van der Waals surface area contributed by atoms with E-state index < -0.39 is 11.6 Å². The minimum atomic E-state index is -0.742. The summed E-state index contributed by atoms with van der Waals surface area (Å²) in [6.45, 7) is 2.85. The van der Waals surface area contributed by atoms with Gasteiger partial charge in [-0.2, -0.15) is 0 Å². The van der Waals surface area contributed by atoms with Gasteiger partial charge in [0.15, 0.2) is 5.78 Å². The van der Waals surface area contributed by atoms with E-state index in [0.717, 1.165) is 33.6 Å². The fourth-order valence-corrected chi connectivity index (χ4v) is 3.84. The van der Waals surface area contributed by atoms with Crippen molar-refractivity contribution in [3.8, 4) is 16.9 Å². The number of para-hydroxylation sites is 2. The Balaban J connectivity index is 0.000000378. The number of rotatable bonds is 3. The normalized spacial score (nSPS) is 11.0. The third-order valence-electron chi connectivity index (χ3n) is 5.07. The number of aromatic nitrogens is 2. The summed E-state index contributed by atoms with van der Waals surface area (Å²) in [7, 11) is 0. The molecule has 3 aromatic carbocycles. The maximum atomic E-state index is 13.6. The molecule has 0 aliphatic heterocycles. The molecule has 5 aromatic rings. The van der Waals surface area contributed by atoms with Crippen LogP contribution in [0.2, 0.25) is 0 Å². The second-order valence-corrected chi connectivity index (χ2v) is 7.73. The Labute approximate surface area is 215 Å². The van der Waals surface area contributed by atoms with Crippen LogP contribution in [-0.2, 0) is 25.9 Å². The fourth-order valence-electron chi connectivity index (χ4n) is 3.84. The molecule has 0 unspecified atom stereocenters. The Morgan fingerprint density at radius 3 is 2.06 bits per heavy atom. The van der Waals surface area contributed by atoms with Crippen LogP contribution in [-0.4, -0.2) is 20.4 Å². The molecule has 0 amide bonds. The first kappa shape index (κ1) is 26.0. The van der Waals surface area contributed by atoms with Gasteiger partial charge in [-0.3, -0.25) is 4.79 Å². The summed E-state index contributed by atoms with van der Waals surface area (Å²) in [4.78, 5) is 14.3. The summed E-state index contributed by atoms with van der Waals surface area (Å²) in [6.07, 6.45) is 2.81. The molecule has 0 saturated carbocycles. The molecule has 35 heavy (non-hydrogen) atoms. The number of carbonyl (C=O) groups excluding carboxylic acids is 1. The van der Waals surface area contributed by atoms with Gasteiger partial charge in [0.25, 0.3) is 0 Å². The van der Waals surface area contributed by atoms with E-state index in [4.69, 9.17) is 5.11 Å². The number of pyridine rings is 1. The van der Waals surface area contributed by atoms with Crippen molar-refractivity contribution in [2.24, 2.45) is 0 Å². The number of hydrogen-bond acceptors (Lipinski definition) is 3. The van der Waals surface area contributed by atoms with Crippen LogP contribution in [0.5, 0.6) is 0 Å². The number of carbonyl (C=O) groups is 1. The van der Waals surface area contributed by atoms with Crippen molar-refractivity contribution >= 4 is 27.6 Å². The Hall–Kier alpha value is -3.63. The Morgan fingerprint density at radius 1 is 0.943 bits per heavy atom. The molecule has 2 heterocycles. The van der Waals surface area contributed by atoms with Gasteiger partial charge in [0.1, 0.15) is 0 Å². The SMILES string of the molecule is CC(=O)/C=C(/C)O.Fc1[c-]c(-c2cc(-n3c4ccccc4c4ccccc43)ccn2)cc(F)c1.[Pt].